The van der Waals surface area contributed by atoms with Crippen LogP contribution < -0.4 is 10.6 Å². The van der Waals surface area contributed by atoms with E-state index in [0.29, 0.717) is 0 Å². The monoisotopic (exact) mass is 254 g/mol. The van der Waals surface area contributed by atoms with Crippen molar-refractivity contribution < 1.29 is 14.7 Å². The number of hydrogen-bond acceptors (Lipinski definition) is 3. The van der Waals surface area contributed by atoms with Gasteiger partial charge in [-0.05, 0) is 20.8 Å². The molecule has 1 heterocycles. The minimum absolute atomic E-state index is 0.198. The lowest BCUT2D eigenvalue weighted by molar-refractivity contribution is -0.141. The van der Waals surface area contributed by atoms with Gasteiger partial charge in [0.15, 0.2) is 0 Å². The molecular weight excluding hydrogens is 236 g/mol. The Bertz CT molecular complexity index is 404. The van der Waals surface area contributed by atoms with Crippen LogP contribution in [-0.2, 0) is 4.79 Å². The minimum atomic E-state index is -0.939. The highest BCUT2D eigenvalue weighted by Crippen LogP contribution is 2.09. The molecule has 0 aliphatic heterocycles. The molecule has 0 aliphatic rings. The smallest absolute Gasteiger partial charge is 0.315 e. The van der Waals surface area contributed by atoms with Crippen molar-refractivity contribution in [2.75, 3.05) is 0 Å². The lowest BCUT2D eigenvalue weighted by atomic mass is 10.0. The van der Waals surface area contributed by atoms with Crippen LogP contribution in [0.4, 0.5) is 4.79 Å². The van der Waals surface area contributed by atoms with Gasteiger partial charge in [0, 0.05) is 17.8 Å². The van der Waals surface area contributed by atoms with E-state index in [1.807, 2.05) is 6.92 Å². The van der Waals surface area contributed by atoms with Gasteiger partial charge in [-0.2, -0.15) is 5.10 Å². The van der Waals surface area contributed by atoms with Gasteiger partial charge < -0.3 is 15.7 Å². The zero-order valence-corrected chi connectivity index (χ0v) is 10.6. The predicted molar refractivity (Wildman–Crippen MR) is 64.9 cm³/mol. The first-order valence-electron chi connectivity index (χ1n) is 5.70. The molecule has 0 spiro atoms. The standard InChI is InChI=1S/C11H18N4O3/c1-6(10(16)17)7(2)14-11(18)15-8(3)9-4-12-13-5-9/h4-8H,1-3H3,(H,12,13)(H,16,17)(H2,14,15,18). The summed E-state index contributed by atoms with van der Waals surface area (Å²) < 4.78 is 0. The molecule has 4 N–H and O–H groups in total. The number of carbonyl (C=O) groups is 2. The molecule has 2 amide bonds. The van der Waals surface area contributed by atoms with Crippen molar-refractivity contribution in [3.8, 4) is 0 Å². The number of hydrogen-bond donors (Lipinski definition) is 4. The van der Waals surface area contributed by atoms with Crippen LogP contribution >= 0.6 is 0 Å². The number of amides is 2. The third-order valence-electron chi connectivity index (χ3n) is 2.87. The maximum atomic E-state index is 11.6. The molecule has 0 radical (unpaired) electrons. The number of aliphatic carboxylic acids is 1. The van der Waals surface area contributed by atoms with Gasteiger partial charge in [-0.3, -0.25) is 9.89 Å². The SMILES string of the molecule is CC(NC(=O)NC(C)C(C)C(=O)O)c1cn[nH]c1. The number of carboxylic acid groups (broad SMARTS) is 1. The summed E-state index contributed by atoms with van der Waals surface area (Å²) in [5, 5.41) is 20.6. The van der Waals surface area contributed by atoms with Gasteiger partial charge in [0.25, 0.3) is 0 Å². The second-order valence-corrected chi connectivity index (χ2v) is 4.29. The van der Waals surface area contributed by atoms with E-state index in [-0.39, 0.29) is 6.04 Å². The number of H-pyrrole nitrogens is 1. The third kappa shape index (κ3) is 3.76. The Balaban J connectivity index is 2.44. The average molecular weight is 254 g/mol. The Kier molecular flexibility index (Phi) is 4.70. The first kappa shape index (κ1) is 14.0. The van der Waals surface area contributed by atoms with Gasteiger partial charge in [-0.15, -0.1) is 0 Å². The first-order chi connectivity index (χ1) is 8.41. The molecule has 0 aliphatic carbocycles. The van der Waals surface area contributed by atoms with Crippen molar-refractivity contribution in [2.24, 2.45) is 5.92 Å². The molecular formula is C11H18N4O3. The normalized spacial score (nSPS) is 15.5. The average Bonchev–Trinajstić information content (AvgIpc) is 2.80. The van der Waals surface area contributed by atoms with E-state index in [4.69, 9.17) is 5.11 Å². The highest BCUT2D eigenvalue weighted by Gasteiger charge is 2.21. The number of rotatable bonds is 5. The fourth-order valence-corrected chi connectivity index (χ4v) is 1.36. The molecule has 7 nitrogen and oxygen atoms in total. The van der Waals surface area contributed by atoms with Gasteiger partial charge in [0.2, 0.25) is 0 Å². The van der Waals surface area contributed by atoms with Gasteiger partial charge >= 0.3 is 12.0 Å². The topological polar surface area (TPSA) is 107 Å². The lowest BCUT2D eigenvalue weighted by Gasteiger charge is -2.20. The van der Waals surface area contributed by atoms with Crippen molar-refractivity contribution in [1.82, 2.24) is 20.8 Å². The summed E-state index contributed by atoms with van der Waals surface area (Å²) >= 11 is 0. The fraction of sp³-hybridized carbons (Fsp3) is 0.545. The van der Waals surface area contributed by atoms with Crippen LogP contribution in [0.3, 0.4) is 0 Å². The summed E-state index contributed by atoms with van der Waals surface area (Å²) in [7, 11) is 0. The largest absolute Gasteiger partial charge is 0.481 e. The quantitative estimate of drug-likeness (QED) is 0.625. The summed E-state index contributed by atoms with van der Waals surface area (Å²) in [4.78, 5) is 22.4. The molecule has 3 unspecified atom stereocenters. The number of urea groups is 1. The molecule has 1 aromatic rings. The Morgan fingerprint density at radius 2 is 2.00 bits per heavy atom. The summed E-state index contributed by atoms with van der Waals surface area (Å²) in [5.41, 5.74) is 0.851. The van der Waals surface area contributed by atoms with Crippen LogP contribution in [0.25, 0.3) is 0 Å². The number of nitrogens with one attached hydrogen (secondary N) is 3. The van der Waals surface area contributed by atoms with Crippen LogP contribution in [-0.4, -0.2) is 33.3 Å². The summed E-state index contributed by atoms with van der Waals surface area (Å²) in [6.45, 7) is 5.02. The van der Waals surface area contributed by atoms with Crippen LogP contribution in [0.1, 0.15) is 32.4 Å². The first-order valence-corrected chi connectivity index (χ1v) is 5.70. The molecule has 0 fully saturated rings. The van der Waals surface area contributed by atoms with Crippen LogP contribution in [0.5, 0.6) is 0 Å². The number of carbonyl (C=O) groups excluding carboxylic acids is 1. The van der Waals surface area contributed by atoms with Crippen molar-refractivity contribution in [3.05, 3.63) is 18.0 Å². The van der Waals surface area contributed by atoms with Crippen molar-refractivity contribution in [1.29, 1.82) is 0 Å². The van der Waals surface area contributed by atoms with Crippen molar-refractivity contribution in [3.63, 3.8) is 0 Å². The van der Waals surface area contributed by atoms with E-state index in [1.54, 1.807) is 26.2 Å². The highest BCUT2D eigenvalue weighted by atomic mass is 16.4. The summed E-state index contributed by atoms with van der Waals surface area (Å²) in [5.74, 6) is -1.58. The predicted octanol–water partition coefficient (Wildman–Crippen LogP) is 0.879. The highest BCUT2D eigenvalue weighted by molar-refractivity contribution is 5.76. The van der Waals surface area contributed by atoms with E-state index in [0.717, 1.165) is 5.56 Å². The summed E-state index contributed by atoms with van der Waals surface area (Å²) in [6.07, 6.45) is 3.31. The van der Waals surface area contributed by atoms with Gasteiger partial charge in [0.1, 0.15) is 0 Å². The maximum absolute atomic E-state index is 11.6. The van der Waals surface area contributed by atoms with Gasteiger partial charge in [-0.25, -0.2) is 4.79 Å². The maximum Gasteiger partial charge on any atom is 0.315 e. The number of aromatic amines is 1. The number of nitrogens with zero attached hydrogens (tertiary/aromatic N) is 1. The van der Waals surface area contributed by atoms with Gasteiger partial charge in [-0.1, -0.05) is 0 Å². The molecule has 0 saturated carbocycles. The van der Waals surface area contributed by atoms with E-state index >= 15 is 0 Å². The van der Waals surface area contributed by atoms with Crippen LogP contribution in [0, 0.1) is 5.92 Å². The molecule has 18 heavy (non-hydrogen) atoms. The molecule has 1 rings (SSSR count). The molecule has 100 valence electrons. The van der Waals surface area contributed by atoms with Crippen LogP contribution in [0.15, 0.2) is 12.4 Å². The van der Waals surface area contributed by atoms with E-state index in [2.05, 4.69) is 20.8 Å². The molecule has 0 bridgehead atoms. The number of aromatic nitrogens is 2. The van der Waals surface area contributed by atoms with Gasteiger partial charge in [0.05, 0.1) is 18.2 Å². The van der Waals surface area contributed by atoms with Crippen LogP contribution in [0.2, 0.25) is 0 Å². The zero-order valence-electron chi connectivity index (χ0n) is 10.6. The zero-order chi connectivity index (χ0) is 13.7. The van der Waals surface area contributed by atoms with E-state index in [9.17, 15) is 9.59 Å². The molecule has 3 atom stereocenters. The molecule has 7 heteroatoms. The van der Waals surface area contributed by atoms with Crippen molar-refractivity contribution in [2.45, 2.75) is 32.9 Å². The van der Waals surface area contributed by atoms with E-state index < -0.39 is 24.0 Å². The lowest BCUT2D eigenvalue weighted by Crippen LogP contribution is -2.45. The molecule has 1 aromatic heterocycles. The molecule has 0 aromatic carbocycles. The Labute approximate surface area is 105 Å². The second-order valence-electron chi connectivity index (χ2n) is 4.29. The van der Waals surface area contributed by atoms with Crippen molar-refractivity contribution >= 4 is 12.0 Å². The Morgan fingerprint density at radius 3 is 2.50 bits per heavy atom. The Hall–Kier alpha value is -2.05. The third-order valence-corrected chi connectivity index (χ3v) is 2.87. The Morgan fingerprint density at radius 1 is 1.33 bits per heavy atom. The number of carboxylic acids is 1. The molecule has 0 saturated heterocycles. The fourth-order valence-electron chi connectivity index (χ4n) is 1.36. The minimum Gasteiger partial charge on any atom is -0.481 e. The summed E-state index contributed by atoms with van der Waals surface area (Å²) in [6, 6.07) is -1.04. The van der Waals surface area contributed by atoms with E-state index in [1.165, 1.54) is 0 Å². The second kappa shape index (κ2) is 6.04.